The Morgan fingerprint density at radius 2 is 2.39 bits per heavy atom. The van der Waals surface area contributed by atoms with Gasteiger partial charge in [0.05, 0.1) is 6.20 Å². The van der Waals surface area contributed by atoms with Crippen LogP contribution in [0.25, 0.3) is 0 Å². The van der Waals surface area contributed by atoms with Crippen molar-refractivity contribution < 1.29 is 9.53 Å². The third kappa shape index (κ3) is 3.49. The second-order valence-electron chi connectivity index (χ2n) is 3.38. The SMILES string of the molecule is CCc1nnc(NC(=O)COc2cccnc2)s1. The van der Waals surface area contributed by atoms with E-state index in [0.717, 1.165) is 11.4 Å². The molecule has 0 aromatic carbocycles. The van der Waals surface area contributed by atoms with Crippen LogP contribution in [0.3, 0.4) is 0 Å². The minimum atomic E-state index is -0.266. The second-order valence-corrected chi connectivity index (χ2v) is 4.44. The van der Waals surface area contributed by atoms with Crippen molar-refractivity contribution in [2.45, 2.75) is 13.3 Å². The molecule has 0 aliphatic heterocycles. The van der Waals surface area contributed by atoms with Gasteiger partial charge in [-0.3, -0.25) is 15.1 Å². The number of carbonyl (C=O) groups excluding carboxylic acids is 1. The first-order valence-corrected chi connectivity index (χ1v) is 6.24. The lowest BCUT2D eigenvalue weighted by atomic mass is 10.5. The van der Waals surface area contributed by atoms with Crippen molar-refractivity contribution in [3.05, 3.63) is 29.5 Å². The van der Waals surface area contributed by atoms with E-state index in [0.29, 0.717) is 10.9 Å². The molecule has 2 rings (SSSR count). The van der Waals surface area contributed by atoms with E-state index < -0.39 is 0 Å². The van der Waals surface area contributed by atoms with Crippen molar-refractivity contribution in [3.8, 4) is 5.75 Å². The summed E-state index contributed by atoms with van der Waals surface area (Å²) >= 11 is 1.36. The van der Waals surface area contributed by atoms with Crippen LogP contribution in [0.4, 0.5) is 5.13 Å². The Morgan fingerprint density at radius 1 is 1.50 bits per heavy atom. The van der Waals surface area contributed by atoms with Gasteiger partial charge in [0, 0.05) is 6.20 Å². The Bertz CT molecular complexity index is 515. The normalized spacial score (nSPS) is 10.1. The smallest absolute Gasteiger partial charge is 0.264 e. The quantitative estimate of drug-likeness (QED) is 0.885. The lowest BCUT2D eigenvalue weighted by Crippen LogP contribution is -2.20. The van der Waals surface area contributed by atoms with Crippen molar-refractivity contribution in [3.63, 3.8) is 0 Å². The van der Waals surface area contributed by atoms with Gasteiger partial charge in [-0.25, -0.2) is 0 Å². The van der Waals surface area contributed by atoms with E-state index in [2.05, 4.69) is 20.5 Å². The van der Waals surface area contributed by atoms with E-state index in [4.69, 9.17) is 4.74 Å². The van der Waals surface area contributed by atoms with Crippen molar-refractivity contribution in [2.75, 3.05) is 11.9 Å². The molecule has 0 aliphatic rings. The fourth-order valence-electron chi connectivity index (χ4n) is 1.18. The van der Waals surface area contributed by atoms with Gasteiger partial charge >= 0.3 is 0 Å². The number of aryl methyl sites for hydroxylation is 1. The number of aromatic nitrogens is 3. The third-order valence-corrected chi connectivity index (χ3v) is 3.00. The lowest BCUT2D eigenvalue weighted by molar-refractivity contribution is -0.118. The maximum absolute atomic E-state index is 11.6. The number of amides is 1. The molecule has 7 heteroatoms. The van der Waals surface area contributed by atoms with Crippen LogP contribution in [0.5, 0.6) is 5.75 Å². The minimum Gasteiger partial charge on any atom is -0.482 e. The molecule has 0 radical (unpaired) electrons. The average Bonchev–Trinajstić information content (AvgIpc) is 2.85. The molecule has 0 atom stereocenters. The van der Waals surface area contributed by atoms with E-state index in [1.165, 1.54) is 11.3 Å². The molecule has 0 saturated carbocycles. The summed E-state index contributed by atoms with van der Waals surface area (Å²) in [5.74, 6) is 0.289. The minimum absolute atomic E-state index is 0.0767. The molecule has 6 nitrogen and oxygen atoms in total. The van der Waals surface area contributed by atoms with E-state index in [-0.39, 0.29) is 12.5 Å². The van der Waals surface area contributed by atoms with Gasteiger partial charge in [-0.05, 0) is 18.6 Å². The Kier molecular flexibility index (Phi) is 4.19. The summed E-state index contributed by atoms with van der Waals surface area (Å²) < 4.78 is 5.26. The van der Waals surface area contributed by atoms with Gasteiger partial charge in [-0.15, -0.1) is 10.2 Å². The fourth-order valence-corrected chi connectivity index (χ4v) is 1.88. The van der Waals surface area contributed by atoms with Crippen LogP contribution in [0.1, 0.15) is 11.9 Å². The molecule has 2 aromatic rings. The molecule has 0 aliphatic carbocycles. The molecule has 0 spiro atoms. The van der Waals surface area contributed by atoms with Crippen molar-refractivity contribution in [1.29, 1.82) is 0 Å². The van der Waals surface area contributed by atoms with Crippen LogP contribution in [-0.2, 0) is 11.2 Å². The molecule has 0 unspecified atom stereocenters. The zero-order valence-electron chi connectivity index (χ0n) is 9.79. The van der Waals surface area contributed by atoms with Crippen molar-refractivity contribution in [2.24, 2.45) is 0 Å². The fraction of sp³-hybridized carbons (Fsp3) is 0.273. The molecule has 0 bridgehead atoms. The highest BCUT2D eigenvalue weighted by Gasteiger charge is 2.07. The standard InChI is InChI=1S/C11H12N4O2S/c1-2-10-14-15-11(18-10)13-9(16)7-17-8-4-3-5-12-6-8/h3-6H,2,7H2,1H3,(H,13,15,16). The van der Waals surface area contributed by atoms with Crippen molar-refractivity contribution >= 4 is 22.4 Å². The summed E-state index contributed by atoms with van der Waals surface area (Å²) in [7, 11) is 0. The average molecular weight is 264 g/mol. The van der Waals surface area contributed by atoms with Gasteiger partial charge in [0.2, 0.25) is 5.13 Å². The molecule has 2 heterocycles. The largest absolute Gasteiger partial charge is 0.482 e. The number of anilines is 1. The van der Waals surface area contributed by atoms with E-state index in [1.807, 2.05) is 6.92 Å². The third-order valence-electron chi connectivity index (χ3n) is 2.02. The highest BCUT2D eigenvalue weighted by Crippen LogP contribution is 2.15. The Morgan fingerprint density at radius 3 is 3.06 bits per heavy atom. The molecular formula is C11H12N4O2S. The molecule has 1 amide bonds. The summed E-state index contributed by atoms with van der Waals surface area (Å²) in [6.45, 7) is 1.91. The molecule has 94 valence electrons. The Labute approximate surface area is 108 Å². The van der Waals surface area contributed by atoms with Gasteiger partial charge < -0.3 is 4.74 Å². The summed E-state index contributed by atoms with van der Waals surface area (Å²) in [6, 6.07) is 3.48. The first-order valence-electron chi connectivity index (χ1n) is 5.43. The first kappa shape index (κ1) is 12.4. The number of carbonyl (C=O) groups is 1. The topological polar surface area (TPSA) is 77.0 Å². The van der Waals surface area contributed by atoms with Crippen LogP contribution in [-0.4, -0.2) is 27.7 Å². The number of hydrogen-bond acceptors (Lipinski definition) is 6. The lowest BCUT2D eigenvalue weighted by Gasteiger charge is -2.04. The molecular weight excluding hydrogens is 252 g/mol. The summed E-state index contributed by atoms with van der Waals surface area (Å²) in [4.78, 5) is 15.4. The zero-order chi connectivity index (χ0) is 12.8. The summed E-state index contributed by atoms with van der Waals surface area (Å²) in [6.07, 6.45) is 3.99. The molecule has 0 saturated heterocycles. The number of pyridine rings is 1. The van der Waals surface area contributed by atoms with E-state index >= 15 is 0 Å². The molecule has 0 fully saturated rings. The predicted molar refractivity (Wildman–Crippen MR) is 67.6 cm³/mol. The first-order chi connectivity index (χ1) is 8.78. The van der Waals surface area contributed by atoms with E-state index in [1.54, 1.807) is 24.5 Å². The number of rotatable bonds is 5. The summed E-state index contributed by atoms with van der Waals surface area (Å²) in [5, 5.41) is 11.8. The highest BCUT2D eigenvalue weighted by atomic mass is 32.1. The number of ether oxygens (including phenoxy) is 1. The number of hydrogen-bond donors (Lipinski definition) is 1. The maximum Gasteiger partial charge on any atom is 0.264 e. The van der Waals surface area contributed by atoms with Crippen molar-refractivity contribution in [1.82, 2.24) is 15.2 Å². The number of nitrogens with zero attached hydrogens (tertiary/aromatic N) is 3. The summed E-state index contributed by atoms with van der Waals surface area (Å²) in [5.41, 5.74) is 0. The number of nitrogens with one attached hydrogen (secondary N) is 1. The van der Waals surface area contributed by atoms with Gasteiger partial charge in [0.1, 0.15) is 10.8 Å². The monoisotopic (exact) mass is 264 g/mol. The van der Waals surface area contributed by atoms with E-state index in [9.17, 15) is 4.79 Å². The van der Waals surface area contributed by atoms with Gasteiger partial charge in [0.15, 0.2) is 6.61 Å². The highest BCUT2D eigenvalue weighted by molar-refractivity contribution is 7.15. The molecule has 2 aromatic heterocycles. The molecule has 18 heavy (non-hydrogen) atoms. The Hall–Kier alpha value is -2.02. The maximum atomic E-state index is 11.6. The van der Waals surface area contributed by atoms with Crippen LogP contribution < -0.4 is 10.1 Å². The van der Waals surface area contributed by atoms with Crippen LogP contribution in [0.2, 0.25) is 0 Å². The Balaban J connectivity index is 1.82. The van der Waals surface area contributed by atoms with Crippen LogP contribution in [0.15, 0.2) is 24.5 Å². The predicted octanol–water partition coefficient (Wildman–Crippen LogP) is 1.51. The van der Waals surface area contributed by atoms with Gasteiger partial charge in [0.25, 0.3) is 5.91 Å². The zero-order valence-corrected chi connectivity index (χ0v) is 10.6. The molecule has 1 N–H and O–H groups in total. The van der Waals surface area contributed by atoms with Crippen LogP contribution >= 0.6 is 11.3 Å². The van der Waals surface area contributed by atoms with Crippen LogP contribution in [0, 0.1) is 0 Å². The second kappa shape index (κ2) is 6.06. The van der Waals surface area contributed by atoms with Gasteiger partial charge in [-0.2, -0.15) is 0 Å². The van der Waals surface area contributed by atoms with Gasteiger partial charge in [-0.1, -0.05) is 18.3 Å².